The van der Waals surface area contributed by atoms with Crippen LogP contribution in [0, 0.1) is 0 Å². The SMILES string of the molecule is O=C1c2ccccc2CN1C/C=C/CBr. The molecule has 0 atom stereocenters. The molecule has 3 heteroatoms. The van der Waals surface area contributed by atoms with E-state index in [4.69, 9.17) is 0 Å². The Morgan fingerprint density at radius 3 is 2.87 bits per heavy atom. The van der Waals surface area contributed by atoms with E-state index in [0.29, 0.717) is 6.54 Å². The molecule has 0 spiro atoms. The molecular weight excluding hydrogens is 254 g/mol. The van der Waals surface area contributed by atoms with Crippen LogP contribution >= 0.6 is 15.9 Å². The monoisotopic (exact) mass is 265 g/mol. The minimum Gasteiger partial charge on any atom is -0.331 e. The summed E-state index contributed by atoms with van der Waals surface area (Å²) in [6.45, 7) is 1.43. The van der Waals surface area contributed by atoms with E-state index in [2.05, 4.69) is 15.9 Å². The van der Waals surface area contributed by atoms with Crippen LogP contribution in [-0.2, 0) is 6.54 Å². The molecule has 2 rings (SSSR count). The molecule has 0 saturated carbocycles. The lowest BCUT2D eigenvalue weighted by atomic mass is 10.1. The number of rotatable bonds is 3. The van der Waals surface area contributed by atoms with Gasteiger partial charge in [0, 0.05) is 24.0 Å². The van der Waals surface area contributed by atoms with Gasteiger partial charge < -0.3 is 4.90 Å². The van der Waals surface area contributed by atoms with Crippen LogP contribution < -0.4 is 0 Å². The van der Waals surface area contributed by atoms with E-state index in [0.717, 1.165) is 23.0 Å². The lowest BCUT2D eigenvalue weighted by molar-refractivity contribution is 0.0796. The van der Waals surface area contributed by atoms with E-state index in [1.807, 2.05) is 41.3 Å². The quantitative estimate of drug-likeness (QED) is 0.608. The highest BCUT2D eigenvalue weighted by molar-refractivity contribution is 9.09. The Bertz CT molecular complexity index is 400. The maximum Gasteiger partial charge on any atom is 0.254 e. The van der Waals surface area contributed by atoms with Crippen molar-refractivity contribution in [2.45, 2.75) is 6.54 Å². The van der Waals surface area contributed by atoms with Crippen molar-refractivity contribution in [2.75, 3.05) is 11.9 Å². The summed E-state index contributed by atoms with van der Waals surface area (Å²) in [6, 6.07) is 7.80. The highest BCUT2D eigenvalue weighted by Gasteiger charge is 2.25. The first-order valence-corrected chi connectivity index (χ1v) is 6.03. The summed E-state index contributed by atoms with van der Waals surface area (Å²) >= 11 is 3.31. The molecule has 0 aliphatic carbocycles. The van der Waals surface area contributed by atoms with Crippen LogP contribution in [0.1, 0.15) is 15.9 Å². The maximum atomic E-state index is 11.9. The van der Waals surface area contributed by atoms with Gasteiger partial charge in [-0.05, 0) is 11.6 Å². The number of benzene rings is 1. The van der Waals surface area contributed by atoms with Gasteiger partial charge in [-0.15, -0.1) is 0 Å². The number of amides is 1. The van der Waals surface area contributed by atoms with Crippen LogP contribution in [0.2, 0.25) is 0 Å². The second kappa shape index (κ2) is 4.62. The van der Waals surface area contributed by atoms with Gasteiger partial charge in [0.1, 0.15) is 0 Å². The van der Waals surface area contributed by atoms with Crippen LogP contribution in [-0.4, -0.2) is 22.7 Å². The van der Waals surface area contributed by atoms with Crippen LogP contribution in [0.25, 0.3) is 0 Å². The van der Waals surface area contributed by atoms with Crippen molar-refractivity contribution in [1.82, 2.24) is 4.90 Å². The van der Waals surface area contributed by atoms with Crippen molar-refractivity contribution in [3.8, 4) is 0 Å². The molecule has 0 saturated heterocycles. The first kappa shape index (κ1) is 10.4. The fraction of sp³-hybridized carbons (Fsp3) is 0.250. The van der Waals surface area contributed by atoms with Crippen molar-refractivity contribution < 1.29 is 4.79 Å². The maximum absolute atomic E-state index is 11.9. The molecule has 78 valence electrons. The fourth-order valence-corrected chi connectivity index (χ4v) is 1.99. The van der Waals surface area contributed by atoms with Gasteiger partial charge in [-0.3, -0.25) is 4.79 Å². The van der Waals surface area contributed by atoms with Crippen molar-refractivity contribution >= 4 is 21.8 Å². The molecule has 1 heterocycles. The van der Waals surface area contributed by atoms with Gasteiger partial charge in [0.15, 0.2) is 0 Å². The minimum absolute atomic E-state index is 0.143. The molecule has 0 aromatic heterocycles. The van der Waals surface area contributed by atoms with Crippen LogP contribution in [0.15, 0.2) is 36.4 Å². The lowest BCUT2D eigenvalue weighted by Crippen LogP contribution is -2.23. The second-order valence-corrected chi connectivity index (χ2v) is 4.12. The molecule has 1 amide bonds. The first-order valence-electron chi connectivity index (χ1n) is 4.91. The van der Waals surface area contributed by atoms with Crippen LogP contribution in [0.3, 0.4) is 0 Å². The highest BCUT2D eigenvalue weighted by Crippen LogP contribution is 2.21. The molecule has 0 radical (unpaired) electrons. The van der Waals surface area contributed by atoms with Gasteiger partial charge >= 0.3 is 0 Å². The number of carbonyl (C=O) groups excluding carboxylic acids is 1. The molecule has 0 bridgehead atoms. The van der Waals surface area contributed by atoms with Gasteiger partial charge in [0.25, 0.3) is 5.91 Å². The molecular formula is C12H12BrNO. The Labute approximate surface area is 97.7 Å². The standard InChI is InChI=1S/C12H12BrNO/c13-7-3-4-8-14-9-10-5-1-2-6-11(10)12(14)15/h1-6H,7-9H2/b4-3+. The lowest BCUT2D eigenvalue weighted by Gasteiger charge is -2.11. The topological polar surface area (TPSA) is 20.3 Å². The average molecular weight is 266 g/mol. The highest BCUT2D eigenvalue weighted by atomic mass is 79.9. The van der Waals surface area contributed by atoms with Crippen molar-refractivity contribution in [1.29, 1.82) is 0 Å². The van der Waals surface area contributed by atoms with E-state index in [1.54, 1.807) is 0 Å². The zero-order chi connectivity index (χ0) is 10.7. The van der Waals surface area contributed by atoms with Gasteiger partial charge in [-0.2, -0.15) is 0 Å². The molecule has 0 N–H and O–H groups in total. The molecule has 15 heavy (non-hydrogen) atoms. The number of halogens is 1. The Morgan fingerprint density at radius 2 is 2.13 bits per heavy atom. The normalized spacial score (nSPS) is 15.0. The molecule has 1 aliphatic rings. The summed E-state index contributed by atoms with van der Waals surface area (Å²) in [4.78, 5) is 13.7. The average Bonchev–Trinajstić information content (AvgIpc) is 2.57. The number of carbonyl (C=O) groups is 1. The van der Waals surface area contributed by atoms with E-state index in [9.17, 15) is 4.79 Å². The van der Waals surface area contributed by atoms with Gasteiger partial charge in [-0.25, -0.2) is 0 Å². The predicted octanol–water partition coefficient (Wildman–Crippen LogP) is 2.59. The van der Waals surface area contributed by atoms with E-state index in [-0.39, 0.29) is 5.91 Å². The summed E-state index contributed by atoms with van der Waals surface area (Å²) in [7, 11) is 0. The number of nitrogens with zero attached hydrogens (tertiary/aromatic N) is 1. The number of alkyl halides is 1. The first-order chi connectivity index (χ1) is 7.33. The number of fused-ring (bicyclic) bond motifs is 1. The smallest absolute Gasteiger partial charge is 0.254 e. The number of hydrogen-bond acceptors (Lipinski definition) is 1. The van der Waals surface area contributed by atoms with E-state index in [1.165, 1.54) is 0 Å². The molecule has 0 fully saturated rings. The Kier molecular flexibility index (Phi) is 3.21. The van der Waals surface area contributed by atoms with Gasteiger partial charge in [0.05, 0.1) is 0 Å². The second-order valence-electron chi connectivity index (χ2n) is 3.47. The van der Waals surface area contributed by atoms with Crippen LogP contribution in [0.5, 0.6) is 0 Å². The van der Waals surface area contributed by atoms with Crippen molar-refractivity contribution in [3.05, 3.63) is 47.5 Å². The predicted molar refractivity (Wildman–Crippen MR) is 64.1 cm³/mol. The Morgan fingerprint density at radius 1 is 1.33 bits per heavy atom. The summed E-state index contributed by atoms with van der Waals surface area (Å²) in [5, 5.41) is 0.835. The summed E-state index contributed by atoms with van der Waals surface area (Å²) < 4.78 is 0. The van der Waals surface area contributed by atoms with E-state index >= 15 is 0 Å². The third kappa shape index (κ3) is 2.12. The minimum atomic E-state index is 0.143. The van der Waals surface area contributed by atoms with Crippen molar-refractivity contribution in [2.24, 2.45) is 0 Å². The summed E-state index contributed by atoms with van der Waals surface area (Å²) in [5.74, 6) is 0.143. The summed E-state index contributed by atoms with van der Waals surface area (Å²) in [6.07, 6.45) is 4.02. The molecule has 1 aliphatic heterocycles. The fourth-order valence-electron chi connectivity index (χ4n) is 1.73. The number of allylic oxidation sites excluding steroid dienone is 1. The van der Waals surface area contributed by atoms with Crippen molar-refractivity contribution in [3.63, 3.8) is 0 Å². The third-order valence-corrected chi connectivity index (χ3v) is 2.85. The zero-order valence-corrected chi connectivity index (χ0v) is 9.90. The number of hydrogen-bond donors (Lipinski definition) is 0. The zero-order valence-electron chi connectivity index (χ0n) is 8.32. The van der Waals surface area contributed by atoms with Crippen LogP contribution in [0.4, 0.5) is 0 Å². The van der Waals surface area contributed by atoms with Gasteiger partial charge in [0.2, 0.25) is 0 Å². The summed E-state index contributed by atoms with van der Waals surface area (Å²) in [5.41, 5.74) is 1.99. The molecule has 0 unspecified atom stereocenters. The third-order valence-electron chi connectivity index (χ3n) is 2.48. The Balaban J connectivity index is 2.10. The van der Waals surface area contributed by atoms with E-state index < -0.39 is 0 Å². The molecule has 1 aromatic rings. The Hall–Kier alpha value is -1.09. The largest absolute Gasteiger partial charge is 0.331 e. The molecule has 2 nitrogen and oxygen atoms in total. The molecule has 1 aromatic carbocycles. The van der Waals surface area contributed by atoms with Gasteiger partial charge in [-0.1, -0.05) is 46.3 Å².